The number of rotatable bonds is 2. The van der Waals surface area contributed by atoms with Gasteiger partial charge in [0.15, 0.2) is 0 Å². The summed E-state index contributed by atoms with van der Waals surface area (Å²) in [5, 5.41) is 2.44. The van der Waals surface area contributed by atoms with Crippen molar-refractivity contribution in [1.82, 2.24) is 4.98 Å². The van der Waals surface area contributed by atoms with E-state index < -0.39 is 0 Å². The molecule has 0 bridgehead atoms. The summed E-state index contributed by atoms with van der Waals surface area (Å²) in [7, 11) is 0. The van der Waals surface area contributed by atoms with E-state index in [4.69, 9.17) is 5.73 Å². The van der Waals surface area contributed by atoms with Crippen LogP contribution in [0.4, 0.5) is 0 Å². The lowest BCUT2D eigenvalue weighted by molar-refractivity contribution is 0.484. The maximum Gasteiger partial charge on any atom is 0.0353 e. The predicted octanol–water partition coefficient (Wildman–Crippen LogP) is 2.99. The summed E-state index contributed by atoms with van der Waals surface area (Å²) in [5.74, 6) is 3.04. The Morgan fingerprint density at radius 3 is 3.00 bits per heavy atom. The molecular formula is C14H16N2S. The summed E-state index contributed by atoms with van der Waals surface area (Å²) >= 11 is 2.01. The molecule has 2 aromatic rings. The molecule has 17 heavy (non-hydrogen) atoms. The third-order valence-electron chi connectivity index (χ3n) is 3.53. The minimum absolute atomic E-state index is 0.128. The number of aromatic nitrogens is 1. The van der Waals surface area contributed by atoms with Gasteiger partial charge in [-0.1, -0.05) is 24.3 Å². The SMILES string of the molecule is NC(c1cncc2ccccc12)C1CCSC1. The first-order chi connectivity index (χ1) is 8.36. The second-order valence-corrected chi connectivity index (χ2v) is 5.75. The number of fused-ring (bicyclic) bond motifs is 1. The molecule has 1 aliphatic rings. The summed E-state index contributed by atoms with van der Waals surface area (Å²) < 4.78 is 0. The average Bonchev–Trinajstić information content (AvgIpc) is 2.91. The lowest BCUT2D eigenvalue weighted by Gasteiger charge is -2.19. The molecule has 3 rings (SSSR count). The van der Waals surface area contributed by atoms with Gasteiger partial charge >= 0.3 is 0 Å². The largest absolute Gasteiger partial charge is 0.324 e. The molecule has 1 aromatic heterocycles. The van der Waals surface area contributed by atoms with Crippen LogP contribution in [0.5, 0.6) is 0 Å². The van der Waals surface area contributed by atoms with Crippen molar-refractivity contribution in [3.63, 3.8) is 0 Å². The molecule has 2 heterocycles. The van der Waals surface area contributed by atoms with Crippen LogP contribution in [0.25, 0.3) is 10.8 Å². The van der Waals surface area contributed by atoms with Crippen LogP contribution in [0.2, 0.25) is 0 Å². The predicted molar refractivity (Wildman–Crippen MR) is 74.1 cm³/mol. The number of nitrogens with zero attached hydrogens (tertiary/aromatic N) is 1. The van der Waals surface area contributed by atoms with E-state index in [2.05, 4.69) is 23.2 Å². The first kappa shape index (κ1) is 11.1. The third kappa shape index (κ3) is 2.05. The molecule has 0 aliphatic carbocycles. The molecule has 1 saturated heterocycles. The molecule has 1 aliphatic heterocycles. The molecule has 2 atom stereocenters. The summed E-state index contributed by atoms with van der Waals surface area (Å²) in [6.45, 7) is 0. The zero-order chi connectivity index (χ0) is 11.7. The Morgan fingerprint density at radius 2 is 2.18 bits per heavy atom. The lowest BCUT2D eigenvalue weighted by atomic mass is 9.91. The van der Waals surface area contributed by atoms with E-state index in [-0.39, 0.29) is 6.04 Å². The fourth-order valence-corrected chi connectivity index (χ4v) is 3.81. The second-order valence-electron chi connectivity index (χ2n) is 4.60. The van der Waals surface area contributed by atoms with Gasteiger partial charge in [-0.3, -0.25) is 4.98 Å². The zero-order valence-corrected chi connectivity index (χ0v) is 10.5. The van der Waals surface area contributed by atoms with E-state index in [9.17, 15) is 0 Å². The number of thioether (sulfide) groups is 1. The highest BCUT2D eigenvalue weighted by Crippen LogP contribution is 2.34. The van der Waals surface area contributed by atoms with Crippen LogP contribution >= 0.6 is 11.8 Å². The molecule has 2 nitrogen and oxygen atoms in total. The van der Waals surface area contributed by atoms with Gasteiger partial charge in [0.2, 0.25) is 0 Å². The highest BCUT2D eigenvalue weighted by Gasteiger charge is 2.24. The fraction of sp³-hybridized carbons (Fsp3) is 0.357. The maximum atomic E-state index is 6.41. The molecule has 2 unspecified atom stereocenters. The molecule has 0 radical (unpaired) electrons. The Kier molecular flexibility index (Phi) is 3.04. The minimum Gasteiger partial charge on any atom is -0.324 e. The zero-order valence-electron chi connectivity index (χ0n) is 9.67. The average molecular weight is 244 g/mol. The van der Waals surface area contributed by atoms with Crippen molar-refractivity contribution in [2.45, 2.75) is 12.5 Å². The Morgan fingerprint density at radius 1 is 1.29 bits per heavy atom. The van der Waals surface area contributed by atoms with E-state index in [1.54, 1.807) is 0 Å². The number of hydrogen-bond donors (Lipinski definition) is 1. The van der Waals surface area contributed by atoms with Crippen molar-refractivity contribution in [3.8, 4) is 0 Å². The third-order valence-corrected chi connectivity index (χ3v) is 4.72. The van der Waals surface area contributed by atoms with Crippen LogP contribution in [0.15, 0.2) is 36.7 Å². The van der Waals surface area contributed by atoms with Crippen LogP contribution in [0.3, 0.4) is 0 Å². The first-order valence-electron chi connectivity index (χ1n) is 6.02. The number of pyridine rings is 1. The summed E-state index contributed by atoms with van der Waals surface area (Å²) in [5.41, 5.74) is 7.62. The second kappa shape index (κ2) is 4.67. The molecular weight excluding hydrogens is 228 g/mol. The van der Waals surface area contributed by atoms with E-state index in [0.717, 1.165) is 0 Å². The van der Waals surface area contributed by atoms with Gasteiger partial charge in [0.25, 0.3) is 0 Å². The maximum absolute atomic E-state index is 6.41. The summed E-state index contributed by atoms with van der Waals surface area (Å²) in [6, 6.07) is 8.49. The molecule has 0 spiro atoms. The number of hydrogen-bond acceptors (Lipinski definition) is 3. The van der Waals surface area contributed by atoms with Gasteiger partial charge in [-0.2, -0.15) is 11.8 Å². The van der Waals surface area contributed by atoms with Gasteiger partial charge in [0.1, 0.15) is 0 Å². The lowest BCUT2D eigenvalue weighted by Crippen LogP contribution is -2.21. The van der Waals surface area contributed by atoms with Gasteiger partial charge in [-0.25, -0.2) is 0 Å². The number of nitrogens with two attached hydrogens (primary N) is 1. The topological polar surface area (TPSA) is 38.9 Å². The Labute approximate surface area is 106 Å². The normalized spacial score (nSPS) is 21.8. The van der Waals surface area contributed by atoms with Gasteiger partial charge in [-0.15, -0.1) is 0 Å². The molecule has 1 fully saturated rings. The van der Waals surface area contributed by atoms with Crippen molar-refractivity contribution in [3.05, 3.63) is 42.2 Å². The summed E-state index contributed by atoms with van der Waals surface area (Å²) in [6.07, 6.45) is 5.08. The van der Waals surface area contributed by atoms with Crippen LogP contribution in [-0.4, -0.2) is 16.5 Å². The summed E-state index contributed by atoms with van der Waals surface area (Å²) in [4.78, 5) is 4.32. The first-order valence-corrected chi connectivity index (χ1v) is 7.17. The van der Waals surface area contributed by atoms with E-state index in [0.29, 0.717) is 5.92 Å². The van der Waals surface area contributed by atoms with E-state index in [1.807, 2.05) is 30.2 Å². The highest BCUT2D eigenvalue weighted by molar-refractivity contribution is 7.99. The number of benzene rings is 1. The fourth-order valence-electron chi connectivity index (χ4n) is 2.50. The van der Waals surface area contributed by atoms with Crippen molar-refractivity contribution in [2.24, 2.45) is 11.7 Å². The smallest absolute Gasteiger partial charge is 0.0353 e. The van der Waals surface area contributed by atoms with Gasteiger partial charge in [0.05, 0.1) is 0 Å². The van der Waals surface area contributed by atoms with Gasteiger partial charge < -0.3 is 5.73 Å². The van der Waals surface area contributed by atoms with Crippen LogP contribution in [-0.2, 0) is 0 Å². The molecule has 0 amide bonds. The van der Waals surface area contributed by atoms with E-state index in [1.165, 1.54) is 34.3 Å². The van der Waals surface area contributed by atoms with Crippen LogP contribution < -0.4 is 5.73 Å². The van der Waals surface area contributed by atoms with Gasteiger partial charge in [-0.05, 0) is 34.8 Å². The molecule has 2 N–H and O–H groups in total. The van der Waals surface area contributed by atoms with Crippen LogP contribution in [0, 0.1) is 5.92 Å². The van der Waals surface area contributed by atoms with Crippen molar-refractivity contribution in [1.29, 1.82) is 0 Å². The van der Waals surface area contributed by atoms with Crippen molar-refractivity contribution < 1.29 is 0 Å². The molecule has 0 saturated carbocycles. The molecule has 1 aromatic carbocycles. The standard InChI is InChI=1S/C14H16N2S/c15-14(11-5-6-17-9-11)13-8-16-7-10-3-1-2-4-12(10)13/h1-4,7-8,11,14H,5-6,9,15H2. The van der Waals surface area contributed by atoms with Crippen molar-refractivity contribution in [2.75, 3.05) is 11.5 Å². The van der Waals surface area contributed by atoms with Crippen molar-refractivity contribution >= 4 is 22.5 Å². The Bertz CT molecular complexity index is 515. The van der Waals surface area contributed by atoms with Gasteiger partial charge in [0, 0.05) is 23.8 Å². The molecule has 88 valence electrons. The minimum atomic E-state index is 0.128. The van der Waals surface area contributed by atoms with Crippen LogP contribution in [0.1, 0.15) is 18.0 Å². The Balaban J connectivity index is 2.04. The monoisotopic (exact) mass is 244 g/mol. The highest BCUT2D eigenvalue weighted by atomic mass is 32.2. The molecule has 3 heteroatoms. The quantitative estimate of drug-likeness (QED) is 0.882. The van der Waals surface area contributed by atoms with E-state index >= 15 is 0 Å². The Hall–Kier alpha value is -1.06.